The normalized spacial score (nSPS) is 10.6. The van der Waals surface area contributed by atoms with Gasteiger partial charge in [-0.1, -0.05) is 12.1 Å². The number of benzene rings is 1. The Hall–Kier alpha value is -1.33. The highest BCUT2D eigenvalue weighted by Crippen LogP contribution is 2.29. The van der Waals surface area contributed by atoms with E-state index in [0.29, 0.717) is 24.5 Å². The Morgan fingerprint density at radius 1 is 1.56 bits per heavy atom. The van der Waals surface area contributed by atoms with Crippen molar-refractivity contribution < 1.29 is 14.6 Å². The molecule has 0 aliphatic rings. The second-order valence-corrected chi connectivity index (χ2v) is 3.82. The van der Waals surface area contributed by atoms with Crippen molar-refractivity contribution in [3.8, 4) is 5.75 Å². The molecule has 0 amide bonds. The maximum absolute atomic E-state index is 10.4. The SMILES string of the molecule is NCCOc1c(Br)cccc1/C=C/C(=O)O. The van der Waals surface area contributed by atoms with Gasteiger partial charge in [0.2, 0.25) is 0 Å². The Morgan fingerprint density at radius 3 is 2.94 bits per heavy atom. The van der Waals surface area contributed by atoms with Crippen LogP contribution in [0.25, 0.3) is 6.08 Å². The van der Waals surface area contributed by atoms with Crippen molar-refractivity contribution in [3.63, 3.8) is 0 Å². The standard InChI is InChI=1S/C11H12BrNO3/c12-9-3-1-2-8(4-5-10(14)15)11(9)16-7-6-13/h1-5H,6-7,13H2,(H,14,15)/b5-4+. The molecule has 86 valence electrons. The van der Waals surface area contributed by atoms with Crippen molar-refractivity contribution in [3.05, 3.63) is 34.3 Å². The number of aliphatic carboxylic acids is 1. The molecule has 0 heterocycles. The fraction of sp³-hybridized carbons (Fsp3) is 0.182. The highest BCUT2D eigenvalue weighted by molar-refractivity contribution is 9.10. The van der Waals surface area contributed by atoms with Crippen LogP contribution in [-0.2, 0) is 4.79 Å². The smallest absolute Gasteiger partial charge is 0.328 e. The summed E-state index contributed by atoms with van der Waals surface area (Å²) in [5.41, 5.74) is 6.05. The minimum absolute atomic E-state index is 0.385. The number of carboxylic acid groups (broad SMARTS) is 1. The highest BCUT2D eigenvalue weighted by atomic mass is 79.9. The van der Waals surface area contributed by atoms with Crippen LogP contribution in [0, 0.1) is 0 Å². The van der Waals surface area contributed by atoms with E-state index in [4.69, 9.17) is 15.6 Å². The Morgan fingerprint density at radius 2 is 2.31 bits per heavy atom. The van der Waals surface area contributed by atoms with Gasteiger partial charge in [-0.2, -0.15) is 0 Å². The van der Waals surface area contributed by atoms with E-state index in [1.807, 2.05) is 6.07 Å². The molecular formula is C11H12BrNO3. The summed E-state index contributed by atoms with van der Waals surface area (Å²) in [5.74, 6) is -0.393. The summed E-state index contributed by atoms with van der Waals surface area (Å²) in [6, 6.07) is 5.40. The van der Waals surface area contributed by atoms with E-state index >= 15 is 0 Å². The number of ether oxygens (including phenoxy) is 1. The molecule has 16 heavy (non-hydrogen) atoms. The predicted molar refractivity (Wildman–Crippen MR) is 65.4 cm³/mol. The monoisotopic (exact) mass is 285 g/mol. The molecule has 0 spiro atoms. The average molecular weight is 286 g/mol. The number of rotatable bonds is 5. The second kappa shape index (κ2) is 6.30. The third kappa shape index (κ3) is 3.67. The first kappa shape index (κ1) is 12.7. The van der Waals surface area contributed by atoms with Gasteiger partial charge in [0.25, 0.3) is 0 Å². The number of hydrogen-bond acceptors (Lipinski definition) is 3. The van der Waals surface area contributed by atoms with E-state index in [1.54, 1.807) is 12.1 Å². The fourth-order valence-electron chi connectivity index (χ4n) is 1.13. The zero-order chi connectivity index (χ0) is 12.0. The molecule has 0 fully saturated rings. The molecule has 0 bridgehead atoms. The molecule has 3 N–H and O–H groups in total. The van der Waals surface area contributed by atoms with E-state index in [0.717, 1.165) is 10.5 Å². The van der Waals surface area contributed by atoms with E-state index in [2.05, 4.69) is 15.9 Å². The third-order valence-corrected chi connectivity index (χ3v) is 2.39. The lowest BCUT2D eigenvalue weighted by molar-refractivity contribution is -0.131. The first-order valence-corrected chi connectivity index (χ1v) is 5.47. The van der Waals surface area contributed by atoms with Crippen LogP contribution >= 0.6 is 15.9 Å². The molecule has 0 aliphatic carbocycles. The number of carbonyl (C=O) groups is 1. The summed E-state index contributed by atoms with van der Waals surface area (Å²) in [7, 11) is 0. The van der Waals surface area contributed by atoms with Gasteiger partial charge in [-0.15, -0.1) is 0 Å². The molecule has 1 rings (SSSR count). The van der Waals surface area contributed by atoms with Crippen LogP contribution in [0.2, 0.25) is 0 Å². The van der Waals surface area contributed by atoms with Crippen LogP contribution < -0.4 is 10.5 Å². The predicted octanol–water partition coefficient (Wildman–Crippen LogP) is 1.88. The highest BCUT2D eigenvalue weighted by Gasteiger charge is 2.05. The first-order valence-electron chi connectivity index (χ1n) is 4.67. The number of halogens is 1. The van der Waals surface area contributed by atoms with Gasteiger partial charge in [0, 0.05) is 18.2 Å². The van der Waals surface area contributed by atoms with Crippen LogP contribution in [0.4, 0.5) is 0 Å². The Balaban J connectivity index is 2.97. The van der Waals surface area contributed by atoms with Gasteiger partial charge >= 0.3 is 5.97 Å². The molecule has 0 unspecified atom stereocenters. The van der Waals surface area contributed by atoms with E-state index in [-0.39, 0.29) is 0 Å². The van der Waals surface area contributed by atoms with Gasteiger partial charge in [-0.25, -0.2) is 4.79 Å². The summed E-state index contributed by atoms with van der Waals surface area (Å²) in [5, 5.41) is 8.55. The van der Waals surface area contributed by atoms with Gasteiger partial charge in [0.1, 0.15) is 12.4 Å². The minimum Gasteiger partial charge on any atom is -0.490 e. The quantitative estimate of drug-likeness (QED) is 0.811. The molecule has 0 radical (unpaired) electrons. The molecule has 0 atom stereocenters. The molecule has 0 saturated carbocycles. The van der Waals surface area contributed by atoms with Crippen molar-refractivity contribution in [1.82, 2.24) is 0 Å². The lowest BCUT2D eigenvalue weighted by Gasteiger charge is -2.09. The average Bonchev–Trinajstić information content (AvgIpc) is 2.25. The van der Waals surface area contributed by atoms with Gasteiger partial charge < -0.3 is 15.6 Å². The van der Waals surface area contributed by atoms with Gasteiger partial charge in [0.15, 0.2) is 0 Å². The van der Waals surface area contributed by atoms with Crippen molar-refractivity contribution in [1.29, 1.82) is 0 Å². The van der Waals surface area contributed by atoms with Crippen LogP contribution in [-0.4, -0.2) is 24.2 Å². The maximum atomic E-state index is 10.4. The van der Waals surface area contributed by atoms with Crippen LogP contribution in [0.15, 0.2) is 28.7 Å². The largest absolute Gasteiger partial charge is 0.490 e. The first-order chi connectivity index (χ1) is 7.65. The summed E-state index contributed by atoms with van der Waals surface area (Å²) in [6.07, 6.45) is 2.55. The molecule has 4 nitrogen and oxygen atoms in total. The molecule has 0 aliphatic heterocycles. The maximum Gasteiger partial charge on any atom is 0.328 e. The summed E-state index contributed by atoms with van der Waals surface area (Å²) < 4.78 is 6.21. The Bertz CT molecular complexity index is 404. The number of para-hydroxylation sites is 1. The number of nitrogens with two attached hydrogens (primary N) is 1. The van der Waals surface area contributed by atoms with E-state index < -0.39 is 5.97 Å². The lowest BCUT2D eigenvalue weighted by Crippen LogP contribution is -2.11. The van der Waals surface area contributed by atoms with Gasteiger partial charge in [-0.05, 0) is 28.1 Å². The van der Waals surface area contributed by atoms with Crippen LogP contribution in [0.3, 0.4) is 0 Å². The van der Waals surface area contributed by atoms with Gasteiger partial charge in [-0.3, -0.25) is 0 Å². The molecule has 1 aromatic carbocycles. The fourth-order valence-corrected chi connectivity index (χ4v) is 1.63. The molecule has 0 saturated heterocycles. The van der Waals surface area contributed by atoms with Crippen molar-refractivity contribution in [2.24, 2.45) is 5.73 Å². The molecular weight excluding hydrogens is 274 g/mol. The summed E-state index contributed by atoms with van der Waals surface area (Å²) in [4.78, 5) is 10.4. The van der Waals surface area contributed by atoms with Gasteiger partial charge in [0.05, 0.1) is 4.47 Å². The third-order valence-electron chi connectivity index (χ3n) is 1.77. The topological polar surface area (TPSA) is 72.5 Å². The number of carboxylic acids is 1. The Labute approximate surface area is 102 Å². The van der Waals surface area contributed by atoms with E-state index in [9.17, 15) is 4.79 Å². The Kier molecular flexibility index (Phi) is 5.01. The van der Waals surface area contributed by atoms with Crippen molar-refractivity contribution in [2.75, 3.05) is 13.2 Å². The lowest BCUT2D eigenvalue weighted by atomic mass is 10.2. The summed E-state index contributed by atoms with van der Waals surface area (Å²) >= 11 is 3.34. The van der Waals surface area contributed by atoms with Crippen LogP contribution in [0.5, 0.6) is 5.75 Å². The van der Waals surface area contributed by atoms with Crippen molar-refractivity contribution >= 4 is 28.0 Å². The van der Waals surface area contributed by atoms with Crippen molar-refractivity contribution in [2.45, 2.75) is 0 Å². The second-order valence-electron chi connectivity index (χ2n) is 2.97. The van der Waals surface area contributed by atoms with E-state index in [1.165, 1.54) is 6.08 Å². The minimum atomic E-state index is -0.996. The summed E-state index contributed by atoms with van der Waals surface area (Å²) in [6.45, 7) is 0.792. The van der Waals surface area contributed by atoms with Crippen LogP contribution in [0.1, 0.15) is 5.56 Å². The number of hydrogen-bond donors (Lipinski definition) is 2. The molecule has 5 heteroatoms. The zero-order valence-corrected chi connectivity index (χ0v) is 10.1. The zero-order valence-electron chi connectivity index (χ0n) is 8.52. The molecule has 0 aromatic heterocycles. The molecule has 1 aromatic rings.